The molecule has 1 aliphatic rings. The molecule has 2 aromatic carbocycles. The lowest BCUT2D eigenvalue weighted by molar-refractivity contribution is -0.137. The van der Waals surface area contributed by atoms with Crippen molar-refractivity contribution >= 4 is 5.91 Å². The van der Waals surface area contributed by atoms with Crippen LogP contribution in [0, 0.1) is 5.92 Å². The number of nitrogens with zero attached hydrogens (tertiary/aromatic N) is 1. The molecule has 6 heteroatoms. The van der Waals surface area contributed by atoms with Crippen molar-refractivity contribution in [3.8, 4) is 0 Å². The summed E-state index contributed by atoms with van der Waals surface area (Å²) in [6.07, 6.45) is 2.04. The van der Waals surface area contributed by atoms with E-state index in [0.29, 0.717) is 11.3 Å². The molecular formula is C27H27F3N2O. The number of hydrogen-bond donors (Lipinski definition) is 1. The van der Waals surface area contributed by atoms with Crippen molar-refractivity contribution in [2.45, 2.75) is 50.2 Å². The van der Waals surface area contributed by atoms with Crippen LogP contribution >= 0.6 is 0 Å². The number of pyridine rings is 1. The minimum absolute atomic E-state index is 0.131. The van der Waals surface area contributed by atoms with Crippen LogP contribution < -0.4 is 5.32 Å². The van der Waals surface area contributed by atoms with Gasteiger partial charge in [0.25, 0.3) is 0 Å². The van der Waals surface area contributed by atoms with Crippen LogP contribution in [0.5, 0.6) is 0 Å². The molecule has 1 atom stereocenters. The number of rotatable bonds is 6. The summed E-state index contributed by atoms with van der Waals surface area (Å²) in [6, 6.07) is 20.0. The van der Waals surface area contributed by atoms with E-state index in [2.05, 4.69) is 10.3 Å². The van der Waals surface area contributed by atoms with Crippen LogP contribution in [0.4, 0.5) is 13.2 Å². The van der Waals surface area contributed by atoms with Gasteiger partial charge in [0.05, 0.1) is 11.3 Å². The molecule has 0 radical (unpaired) electrons. The average Bonchev–Trinajstić information content (AvgIpc) is 2.85. The third-order valence-electron chi connectivity index (χ3n) is 6.41. The molecule has 0 bridgehead atoms. The highest BCUT2D eigenvalue weighted by Gasteiger charge is 2.41. The van der Waals surface area contributed by atoms with Gasteiger partial charge in [0.15, 0.2) is 0 Å². The maximum Gasteiger partial charge on any atom is 0.416 e. The first-order valence-electron chi connectivity index (χ1n) is 11.3. The number of carbonyl (C=O) groups excluding carboxylic acids is 1. The van der Waals surface area contributed by atoms with E-state index in [4.69, 9.17) is 0 Å². The Morgan fingerprint density at radius 2 is 1.58 bits per heavy atom. The summed E-state index contributed by atoms with van der Waals surface area (Å²) in [5.74, 6) is -0.280. The van der Waals surface area contributed by atoms with Gasteiger partial charge in [0.1, 0.15) is 5.54 Å². The highest BCUT2D eigenvalue weighted by Crippen LogP contribution is 2.37. The fraction of sp³-hybridized carbons (Fsp3) is 0.333. The van der Waals surface area contributed by atoms with E-state index in [9.17, 15) is 18.0 Å². The molecule has 0 spiro atoms. The summed E-state index contributed by atoms with van der Waals surface area (Å²) < 4.78 is 40.9. The number of amides is 1. The third-order valence-corrected chi connectivity index (χ3v) is 6.41. The second kappa shape index (κ2) is 9.77. The van der Waals surface area contributed by atoms with Gasteiger partial charge in [-0.15, -0.1) is 0 Å². The predicted molar refractivity (Wildman–Crippen MR) is 121 cm³/mol. The summed E-state index contributed by atoms with van der Waals surface area (Å²) in [7, 11) is 0. The third kappa shape index (κ3) is 5.27. The molecule has 3 aromatic rings. The molecule has 172 valence electrons. The van der Waals surface area contributed by atoms with Crippen molar-refractivity contribution in [3.05, 3.63) is 101 Å². The standard InChI is InChI=1S/C27H27F3N2O/c28-27(29,30)23-15-9-14-22(18-23)26(24-16-7-8-17-31-24,19-20-10-3-1-4-11-20)32-25(33)21-12-5-2-6-13-21/h1,3-4,7-11,14-18,21H,2,5-6,12-13,19H2,(H,32,33). The Labute approximate surface area is 192 Å². The van der Waals surface area contributed by atoms with Gasteiger partial charge in [0.2, 0.25) is 5.91 Å². The largest absolute Gasteiger partial charge is 0.416 e. The van der Waals surface area contributed by atoms with E-state index in [1.54, 1.807) is 30.5 Å². The molecule has 33 heavy (non-hydrogen) atoms. The van der Waals surface area contributed by atoms with Crippen molar-refractivity contribution in [2.24, 2.45) is 5.92 Å². The first kappa shape index (κ1) is 23.0. The number of benzene rings is 2. The number of halogens is 3. The van der Waals surface area contributed by atoms with Gasteiger partial charge >= 0.3 is 6.18 Å². The zero-order chi connectivity index (χ0) is 23.3. The van der Waals surface area contributed by atoms with Crippen LogP contribution in [0.2, 0.25) is 0 Å². The van der Waals surface area contributed by atoms with E-state index in [1.807, 2.05) is 30.3 Å². The van der Waals surface area contributed by atoms with Crippen LogP contribution in [-0.2, 0) is 22.9 Å². The second-order valence-corrected chi connectivity index (χ2v) is 8.69. The minimum Gasteiger partial charge on any atom is -0.340 e. The first-order valence-corrected chi connectivity index (χ1v) is 11.3. The Balaban J connectivity index is 1.87. The molecule has 1 aromatic heterocycles. The Hall–Kier alpha value is -3.15. The lowest BCUT2D eigenvalue weighted by Gasteiger charge is -2.37. The van der Waals surface area contributed by atoms with Gasteiger partial charge in [0, 0.05) is 18.5 Å². The molecule has 1 N–H and O–H groups in total. The Morgan fingerprint density at radius 3 is 2.24 bits per heavy atom. The van der Waals surface area contributed by atoms with Gasteiger partial charge in [-0.2, -0.15) is 13.2 Å². The van der Waals surface area contributed by atoms with Crippen molar-refractivity contribution in [2.75, 3.05) is 0 Å². The lowest BCUT2D eigenvalue weighted by atomic mass is 9.78. The lowest BCUT2D eigenvalue weighted by Crippen LogP contribution is -2.51. The summed E-state index contributed by atoms with van der Waals surface area (Å²) in [5, 5.41) is 3.19. The number of nitrogens with one attached hydrogen (secondary N) is 1. The fourth-order valence-corrected chi connectivity index (χ4v) is 4.68. The normalized spacial score (nSPS) is 16.7. The smallest absolute Gasteiger partial charge is 0.340 e. The maximum absolute atomic E-state index is 13.6. The molecule has 4 rings (SSSR count). The topological polar surface area (TPSA) is 42.0 Å². The van der Waals surface area contributed by atoms with Gasteiger partial charge in [-0.1, -0.05) is 67.8 Å². The molecule has 1 heterocycles. The van der Waals surface area contributed by atoms with Crippen molar-refractivity contribution in [3.63, 3.8) is 0 Å². The van der Waals surface area contributed by atoms with Crippen LogP contribution in [-0.4, -0.2) is 10.9 Å². The first-order chi connectivity index (χ1) is 15.9. The van der Waals surface area contributed by atoms with E-state index in [1.165, 1.54) is 6.07 Å². The van der Waals surface area contributed by atoms with Crippen molar-refractivity contribution in [1.82, 2.24) is 10.3 Å². The number of alkyl halides is 3. The fourth-order valence-electron chi connectivity index (χ4n) is 4.68. The van der Waals surface area contributed by atoms with Gasteiger partial charge in [-0.3, -0.25) is 9.78 Å². The zero-order valence-electron chi connectivity index (χ0n) is 18.3. The Morgan fingerprint density at radius 1 is 0.879 bits per heavy atom. The summed E-state index contributed by atoms with van der Waals surface area (Å²) in [4.78, 5) is 18.0. The number of aromatic nitrogens is 1. The second-order valence-electron chi connectivity index (χ2n) is 8.69. The molecule has 1 fully saturated rings. The quantitative estimate of drug-likeness (QED) is 0.478. The molecule has 1 amide bonds. The van der Waals surface area contributed by atoms with E-state index >= 15 is 0 Å². The van der Waals surface area contributed by atoms with Crippen LogP contribution in [0.15, 0.2) is 79.0 Å². The van der Waals surface area contributed by atoms with Crippen LogP contribution in [0.1, 0.15) is 54.5 Å². The molecule has 1 unspecified atom stereocenters. The van der Waals surface area contributed by atoms with E-state index < -0.39 is 17.3 Å². The summed E-state index contributed by atoms with van der Waals surface area (Å²) in [6.45, 7) is 0. The molecule has 1 aliphatic carbocycles. The SMILES string of the molecule is O=C(NC(Cc1ccccc1)(c1cccc(C(F)(F)F)c1)c1ccccn1)C1CCCCC1. The predicted octanol–water partition coefficient (Wildman–Crippen LogP) is 6.28. The molecule has 1 saturated carbocycles. The highest BCUT2D eigenvalue weighted by molar-refractivity contribution is 5.80. The Kier molecular flexibility index (Phi) is 6.82. The van der Waals surface area contributed by atoms with Crippen molar-refractivity contribution < 1.29 is 18.0 Å². The van der Waals surface area contributed by atoms with Crippen molar-refractivity contribution in [1.29, 1.82) is 0 Å². The molecular weight excluding hydrogens is 425 g/mol. The number of hydrogen-bond acceptors (Lipinski definition) is 2. The molecule has 0 saturated heterocycles. The van der Waals surface area contributed by atoms with Crippen LogP contribution in [0.25, 0.3) is 0 Å². The zero-order valence-corrected chi connectivity index (χ0v) is 18.3. The number of carbonyl (C=O) groups is 1. The van der Waals surface area contributed by atoms with Gasteiger partial charge in [-0.25, -0.2) is 0 Å². The Bertz CT molecular complexity index is 1060. The van der Waals surface area contributed by atoms with E-state index in [0.717, 1.165) is 49.8 Å². The monoisotopic (exact) mass is 452 g/mol. The minimum atomic E-state index is -4.49. The summed E-state index contributed by atoms with van der Waals surface area (Å²) in [5.41, 5.74) is -0.218. The van der Waals surface area contributed by atoms with Gasteiger partial charge in [-0.05, 0) is 48.2 Å². The highest BCUT2D eigenvalue weighted by atomic mass is 19.4. The van der Waals surface area contributed by atoms with Crippen LogP contribution in [0.3, 0.4) is 0 Å². The summed E-state index contributed by atoms with van der Waals surface area (Å²) >= 11 is 0. The average molecular weight is 453 g/mol. The van der Waals surface area contributed by atoms with E-state index in [-0.39, 0.29) is 18.2 Å². The van der Waals surface area contributed by atoms with Gasteiger partial charge < -0.3 is 5.32 Å². The molecule has 3 nitrogen and oxygen atoms in total. The maximum atomic E-state index is 13.6. The molecule has 0 aliphatic heterocycles.